The number of carbonyl (C=O) groups is 1. The fourth-order valence-corrected chi connectivity index (χ4v) is 4.54. The highest BCUT2D eigenvalue weighted by Crippen LogP contribution is 2.40. The molecule has 5 rings (SSSR count). The van der Waals surface area contributed by atoms with Gasteiger partial charge in [-0.25, -0.2) is 14.6 Å². The van der Waals surface area contributed by atoms with Crippen molar-refractivity contribution in [1.82, 2.24) is 24.7 Å². The van der Waals surface area contributed by atoms with E-state index in [1.807, 2.05) is 0 Å². The normalized spacial score (nSPS) is 18.0. The molecule has 0 aliphatic carbocycles. The molecule has 11 nitrogen and oxygen atoms in total. The van der Waals surface area contributed by atoms with E-state index in [0.717, 1.165) is 28.4 Å². The molecule has 2 atom stereocenters. The molecule has 2 aliphatic rings. The Morgan fingerprint density at radius 2 is 2.05 bits per heavy atom. The van der Waals surface area contributed by atoms with Crippen LogP contribution in [0, 0.1) is 0 Å². The Hall–Kier alpha value is -3.94. The molecule has 0 fully saturated rings. The van der Waals surface area contributed by atoms with Crippen molar-refractivity contribution in [1.29, 1.82) is 0 Å². The summed E-state index contributed by atoms with van der Waals surface area (Å²) < 4.78 is 45.0. The maximum Gasteiger partial charge on any atom is 0.435 e. The Labute approximate surface area is 209 Å². The van der Waals surface area contributed by atoms with Crippen LogP contribution < -0.4 is 19.9 Å². The number of ether oxygens (including phenoxy) is 1. The molecule has 0 saturated carbocycles. The fraction of sp³-hybridized carbons (Fsp3) is 0.435. The molecule has 5 heterocycles. The number of pyridine rings is 1. The van der Waals surface area contributed by atoms with Gasteiger partial charge in [-0.3, -0.25) is 4.79 Å². The maximum atomic E-state index is 12.9. The first-order valence-corrected chi connectivity index (χ1v) is 11.6. The van der Waals surface area contributed by atoms with Crippen LogP contribution >= 0.6 is 0 Å². The van der Waals surface area contributed by atoms with E-state index in [0.29, 0.717) is 37.0 Å². The number of halogens is 3. The molecule has 3 aromatic rings. The van der Waals surface area contributed by atoms with Crippen LogP contribution in [0.3, 0.4) is 0 Å². The van der Waals surface area contributed by atoms with Gasteiger partial charge in [-0.1, -0.05) is 6.07 Å². The first-order valence-electron chi connectivity index (χ1n) is 11.6. The van der Waals surface area contributed by atoms with Crippen LogP contribution in [0.15, 0.2) is 24.4 Å². The zero-order valence-electron chi connectivity index (χ0n) is 20.3. The lowest BCUT2D eigenvalue weighted by Gasteiger charge is -2.43. The summed E-state index contributed by atoms with van der Waals surface area (Å²) in [5.74, 6) is 0.814. The third-order valence-electron chi connectivity index (χ3n) is 6.32. The fourth-order valence-electron chi connectivity index (χ4n) is 4.54. The number of rotatable bonds is 6. The minimum atomic E-state index is -4.57. The van der Waals surface area contributed by atoms with Crippen molar-refractivity contribution in [2.45, 2.75) is 44.6 Å². The number of nitrogens with one attached hydrogen (secondary N) is 1. The average Bonchev–Trinajstić information content (AvgIpc) is 3.22. The van der Waals surface area contributed by atoms with Crippen LogP contribution in [0.5, 0.6) is 11.8 Å². The SMILES string of the molecule is C[C@H](O)[C@H]1C(=O)N2CCCc3nc(NCc4ccc(Oc5cc(C(F)(F)F)nn5C)nc4)nc(c32)N1C. The van der Waals surface area contributed by atoms with Gasteiger partial charge in [-0.2, -0.15) is 23.3 Å². The van der Waals surface area contributed by atoms with Crippen molar-refractivity contribution >= 4 is 23.4 Å². The van der Waals surface area contributed by atoms with Gasteiger partial charge >= 0.3 is 6.18 Å². The molecule has 0 saturated heterocycles. The minimum absolute atomic E-state index is 0.0886. The predicted octanol–water partition coefficient (Wildman–Crippen LogP) is 2.51. The second-order valence-corrected chi connectivity index (χ2v) is 9.01. The van der Waals surface area contributed by atoms with E-state index in [4.69, 9.17) is 4.74 Å². The molecule has 2 aliphatic heterocycles. The average molecular weight is 519 g/mol. The summed E-state index contributed by atoms with van der Waals surface area (Å²) in [5.41, 5.74) is 1.16. The van der Waals surface area contributed by atoms with Gasteiger partial charge in [0.05, 0.1) is 11.8 Å². The standard InChI is InChI=1S/C23H25F3N8O3/c1-12(35)18-21(36)34-8-4-5-14-19(34)20(32(18)2)30-22(29-14)28-11-13-6-7-16(27-10-13)37-17-9-15(23(24,25)26)31-33(17)3/h6-7,9-10,12,18,35H,4-5,8,11H2,1-3H3,(H,28,29,30)/t12-,18-/m0/s1. The van der Waals surface area contributed by atoms with E-state index in [-0.39, 0.29) is 17.7 Å². The number of hydrogen-bond donors (Lipinski definition) is 2. The lowest BCUT2D eigenvalue weighted by atomic mass is 10.00. The van der Waals surface area contributed by atoms with Gasteiger partial charge in [0, 0.05) is 45.5 Å². The number of carbonyl (C=O) groups excluding carboxylic acids is 1. The number of likely N-dealkylation sites (N-methyl/N-ethyl adjacent to an activating group) is 1. The smallest absolute Gasteiger partial charge is 0.421 e. The Kier molecular flexibility index (Phi) is 6.14. The largest absolute Gasteiger partial charge is 0.435 e. The van der Waals surface area contributed by atoms with Gasteiger partial charge in [0.15, 0.2) is 11.5 Å². The molecule has 196 valence electrons. The Bertz CT molecular complexity index is 1330. The van der Waals surface area contributed by atoms with Gasteiger partial charge in [-0.15, -0.1) is 0 Å². The van der Waals surface area contributed by atoms with Crippen LogP contribution in [0.4, 0.5) is 30.6 Å². The van der Waals surface area contributed by atoms with E-state index >= 15 is 0 Å². The lowest BCUT2D eigenvalue weighted by molar-refractivity contribution is -0.141. The molecule has 2 N–H and O–H groups in total. The summed E-state index contributed by atoms with van der Waals surface area (Å²) in [6, 6.07) is 3.34. The number of aliphatic hydroxyl groups excluding tert-OH is 1. The molecular formula is C23H25F3N8O3. The highest BCUT2D eigenvalue weighted by molar-refractivity contribution is 6.06. The molecule has 37 heavy (non-hydrogen) atoms. The summed E-state index contributed by atoms with van der Waals surface area (Å²) in [6.07, 6.45) is -2.45. The zero-order valence-corrected chi connectivity index (χ0v) is 20.3. The molecule has 0 aromatic carbocycles. The number of aliphatic hydroxyl groups is 1. The van der Waals surface area contributed by atoms with Crippen molar-refractivity contribution in [3.05, 3.63) is 41.3 Å². The number of hydrogen-bond acceptors (Lipinski definition) is 9. The first-order chi connectivity index (χ1) is 17.5. The van der Waals surface area contributed by atoms with Crippen molar-refractivity contribution in [2.24, 2.45) is 7.05 Å². The highest BCUT2D eigenvalue weighted by atomic mass is 19.4. The van der Waals surface area contributed by atoms with E-state index < -0.39 is 24.0 Å². The van der Waals surface area contributed by atoms with E-state index in [1.54, 1.807) is 35.9 Å². The number of amides is 1. The summed E-state index contributed by atoms with van der Waals surface area (Å²) in [4.78, 5) is 29.7. The molecule has 3 aromatic heterocycles. The molecule has 14 heteroatoms. The third-order valence-corrected chi connectivity index (χ3v) is 6.32. The molecule has 0 unspecified atom stereocenters. The van der Waals surface area contributed by atoms with Gasteiger partial charge in [-0.05, 0) is 25.3 Å². The first kappa shape index (κ1) is 24.7. The van der Waals surface area contributed by atoms with Crippen molar-refractivity contribution < 1.29 is 27.8 Å². The van der Waals surface area contributed by atoms with E-state index in [1.165, 1.54) is 13.2 Å². The number of aromatic nitrogens is 5. The summed E-state index contributed by atoms with van der Waals surface area (Å²) >= 11 is 0. The molecule has 0 radical (unpaired) electrons. The van der Waals surface area contributed by atoms with Gasteiger partial charge < -0.3 is 25.0 Å². The number of aryl methyl sites for hydroxylation is 2. The number of nitrogens with zero attached hydrogens (tertiary/aromatic N) is 7. The van der Waals surface area contributed by atoms with E-state index in [2.05, 4.69) is 25.4 Å². The molecule has 0 bridgehead atoms. The monoisotopic (exact) mass is 518 g/mol. The topological polar surface area (TPSA) is 122 Å². The summed E-state index contributed by atoms with van der Waals surface area (Å²) in [5, 5.41) is 16.8. The summed E-state index contributed by atoms with van der Waals surface area (Å²) in [7, 11) is 3.08. The molecule has 1 amide bonds. The highest BCUT2D eigenvalue weighted by Gasteiger charge is 2.43. The Balaban J connectivity index is 1.30. The Morgan fingerprint density at radius 1 is 1.27 bits per heavy atom. The van der Waals surface area contributed by atoms with Crippen LogP contribution in [0.25, 0.3) is 0 Å². The molecule has 0 spiro atoms. The van der Waals surface area contributed by atoms with Crippen LogP contribution in [-0.4, -0.2) is 61.5 Å². The quantitative estimate of drug-likeness (QED) is 0.507. The third kappa shape index (κ3) is 4.63. The van der Waals surface area contributed by atoms with Crippen LogP contribution in [-0.2, 0) is 31.0 Å². The van der Waals surface area contributed by atoms with Gasteiger partial charge in [0.2, 0.25) is 17.7 Å². The van der Waals surface area contributed by atoms with E-state index in [9.17, 15) is 23.1 Å². The lowest BCUT2D eigenvalue weighted by Crippen LogP contribution is -2.58. The minimum Gasteiger partial charge on any atom is -0.421 e. The second-order valence-electron chi connectivity index (χ2n) is 9.01. The van der Waals surface area contributed by atoms with Gasteiger partial charge in [0.1, 0.15) is 11.7 Å². The van der Waals surface area contributed by atoms with Crippen molar-refractivity contribution in [3.63, 3.8) is 0 Å². The van der Waals surface area contributed by atoms with Crippen molar-refractivity contribution in [3.8, 4) is 11.8 Å². The summed E-state index contributed by atoms with van der Waals surface area (Å²) in [6.45, 7) is 2.46. The van der Waals surface area contributed by atoms with Crippen LogP contribution in [0.2, 0.25) is 0 Å². The Morgan fingerprint density at radius 3 is 2.70 bits per heavy atom. The van der Waals surface area contributed by atoms with Crippen molar-refractivity contribution in [2.75, 3.05) is 28.7 Å². The maximum absolute atomic E-state index is 12.9. The molecular weight excluding hydrogens is 493 g/mol. The van der Waals surface area contributed by atoms with Crippen LogP contribution in [0.1, 0.15) is 30.3 Å². The van der Waals surface area contributed by atoms with Gasteiger partial charge in [0.25, 0.3) is 5.91 Å². The predicted molar refractivity (Wildman–Crippen MR) is 126 cm³/mol. The second kappa shape index (κ2) is 9.18. The number of alkyl halides is 3. The number of anilines is 3. The zero-order chi connectivity index (χ0) is 26.5.